The molecule has 0 aliphatic rings. The summed E-state index contributed by atoms with van der Waals surface area (Å²) in [5.41, 5.74) is 1.00. The van der Waals surface area contributed by atoms with Crippen LogP contribution < -0.4 is 4.74 Å². The van der Waals surface area contributed by atoms with Gasteiger partial charge in [0.25, 0.3) is 0 Å². The van der Waals surface area contributed by atoms with Crippen molar-refractivity contribution < 1.29 is 17.9 Å². The van der Waals surface area contributed by atoms with E-state index in [1.165, 1.54) is 12.1 Å². The lowest BCUT2D eigenvalue weighted by molar-refractivity contribution is -0.129. The van der Waals surface area contributed by atoms with Crippen molar-refractivity contribution in [1.29, 1.82) is 0 Å². The first kappa shape index (κ1) is 20.3. The SMILES string of the molecule is COc1ccccc1CCN(C)C(=O)CCS(=O)(=O)c1cccc(Cl)c1. The maximum atomic E-state index is 12.3. The summed E-state index contributed by atoms with van der Waals surface area (Å²) in [5, 5.41) is 0.353. The molecule has 0 saturated heterocycles. The van der Waals surface area contributed by atoms with Gasteiger partial charge in [0, 0.05) is 25.0 Å². The van der Waals surface area contributed by atoms with Crippen molar-refractivity contribution in [2.75, 3.05) is 26.5 Å². The molecule has 0 bridgehead atoms. The van der Waals surface area contributed by atoms with Crippen LogP contribution >= 0.6 is 11.6 Å². The maximum Gasteiger partial charge on any atom is 0.223 e. The molecular formula is C19H22ClNO4S. The third kappa shape index (κ3) is 5.47. The number of rotatable bonds is 8. The summed E-state index contributed by atoms with van der Waals surface area (Å²) in [7, 11) is -0.265. The van der Waals surface area contributed by atoms with Gasteiger partial charge in [-0.15, -0.1) is 0 Å². The lowest BCUT2D eigenvalue weighted by atomic mass is 10.1. The van der Waals surface area contributed by atoms with Crippen LogP contribution in [-0.4, -0.2) is 45.7 Å². The first-order valence-electron chi connectivity index (χ1n) is 8.17. The number of amides is 1. The number of hydrogen-bond donors (Lipinski definition) is 0. The van der Waals surface area contributed by atoms with Gasteiger partial charge < -0.3 is 9.64 Å². The minimum atomic E-state index is -3.54. The van der Waals surface area contributed by atoms with Crippen molar-refractivity contribution in [2.45, 2.75) is 17.7 Å². The fourth-order valence-electron chi connectivity index (χ4n) is 2.51. The summed E-state index contributed by atoms with van der Waals surface area (Å²) >= 11 is 5.84. The number of carbonyl (C=O) groups excluding carboxylic acids is 1. The summed E-state index contributed by atoms with van der Waals surface area (Å²) in [5.74, 6) is 0.313. The van der Waals surface area contributed by atoms with Gasteiger partial charge in [0.2, 0.25) is 5.91 Å². The largest absolute Gasteiger partial charge is 0.496 e. The Morgan fingerprint density at radius 1 is 1.15 bits per heavy atom. The zero-order chi connectivity index (χ0) is 19.2. The third-order valence-electron chi connectivity index (χ3n) is 4.07. The number of carbonyl (C=O) groups is 1. The van der Waals surface area contributed by atoms with Gasteiger partial charge in [-0.25, -0.2) is 8.42 Å². The Morgan fingerprint density at radius 3 is 2.58 bits per heavy atom. The van der Waals surface area contributed by atoms with Crippen LogP contribution in [0.2, 0.25) is 5.02 Å². The number of sulfone groups is 1. The number of likely N-dealkylation sites (N-methyl/N-ethyl adjacent to an activating group) is 1. The Morgan fingerprint density at radius 2 is 1.88 bits per heavy atom. The van der Waals surface area contributed by atoms with Crippen molar-refractivity contribution in [1.82, 2.24) is 4.90 Å². The van der Waals surface area contributed by atoms with Crippen LogP contribution in [0.15, 0.2) is 53.4 Å². The summed E-state index contributed by atoms with van der Waals surface area (Å²) in [4.78, 5) is 13.9. The van der Waals surface area contributed by atoms with E-state index in [-0.39, 0.29) is 23.0 Å². The number of ether oxygens (including phenoxy) is 1. The number of hydrogen-bond acceptors (Lipinski definition) is 4. The standard InChI is InChI=1S/C19H22ClNO4S/c1-21(12-10-15-6-3-4-9-18(15)25-2)19(22)11-13-26(23,24)17-8-5-7-16(20)14-17/h3-9,14H,10-13H2,1-2H3. The second-order valence-electron chi connectivity index (χ2n) is 5.90. The second-order valence-corrected chi connectivity index (χ2v) is 8.45. The Hall–Kier alpha value is -2.05. The molecule has 2 rings (SSSR count). The van der Waals surface area contributed by atoms with E-state index in [1.807, 2.05) is 24.3 Å². The predicted octanol–water partition coefficient (Wildman–Crippen LogP) is 3.21. The maximum absolute atomic E-state index is 12.3. The highest BCUT2D eigenvalue weighted by Crippen LogP contribution is 2.19. The minimum absolute atomic E-state index is 0.0722. The fraction of sp³-hybridized carbons (Fsp3) is 0.316. The van der Waals surface area contributed by atoms with E-state index in [2.05, 4.69) is 0 Å². The van der Waals surface area contributed by atoms with Gasteiger partial charge in [0.1, 0.15) is 5.75 Å². The molecule has 140 valence electrons. The lowest BCUT2D eigenvalue weighted by Gasteiger charge is -2.18. The normalized spacial score (nSPS) is 11.2. The van der Waals surface area contributed by atoms with Crippen LogP contribution in [0.5, 0.6) is 5.75 Å². The van der Waals surface area contributed by atoms with E-state index in [9.17, 15) is 13.2 Å². The van der Waals surface area contributed by atoms with Gasteiger partial charge in [-0.05, 0) is 36.2 Å². The number of methoxy groups -OCH3 is 1. The molecular weight excluding hydrogens is 374 g/mol. The van der Waals surface area contributed by atoms with Gasteiger partial charge in [-0.1, -0.05) is 35.9 Å². The Balaban J connectivity index is 1.91. The van der Waals surface area contributed by atoms with Crippen LogP contribution in [0.4, 0.5) is 0 Å². The van der Waals surface area contributed by atoms with Crippen molar-refractivity contribution in [3.63, 3.8) is 0 Å². The average Bonchev–Trinajstić information content (AvgIpc) is 2.64. The number of nitrogens with zero attached hydrogens (tertiary/aromatic N) is 1. The van der Waals surface area contributed by atoms with Crippen LogP contribution in [0, 0.1) is 0 Å². The molecule has 0 heterocycles. The quantitative estimate of drug-likeness (QED) is 0.688. The Bertz CT molecular complexity index is 867. The predicted molar refractivity (Wildman–Crippen MR) is 102 cm³/mol. The van der Waals surface area contributed by atoms with E-state index in [1.54, 1.807) is 31.2 Å². The highest BCUT2D eigenvalue weighted by Gasteiger charge is 2.18. The summed E-state index contributed by atoms with van der Waals surface area (Å²) < 4.78 is 30.0. The van der Waals surface area contributed by atoms with Crippen LogP contribution in [0.3, 0.4) is 0 Å². The molecule has 0 radical (unpaired) electrons. The molecule has 0 spiro atoms. The van der Waals surface area contributed by atoms with E-state index in [0.29, 0.717) is 18.0 Å². The number of halogens is 1. The molecule has 7 heteroatoms. The highest BCUT2D eigenvalue weighted by molar-refractivity contribution is 7.91. The molecule has 2 aromatic rings. The van der Waals surface area contributed by atoms with Gasteiger partial charge in [-0.3, -0.25) is 4.79 Å². The molecule has 26 heavy (non-hydrogen) atoms. The van der Waals surface area contributed by atoms with Crippen LogP contribution in [0.25, 0.3) is 0 Å². The van der Waals surface area contributed by atoms with Crippen molar-refractivity contribution >= 4 is 27.3 Å². The monoisotopic (exact) mass is 395 g/mol. The van der Waals surface area contributed by atoms with Crippen molar-refractivity contribution in [3.8, 4) is 5.75 Å². The molecule has 0 unspecified atom stereocenters. The van der Waals surface area contributed by atoms with Crippen LogP contribution in [-0.2, 0) is 21.1 Å². The molecule has 2 aromatic carbocycles. The topological polar surface area (TPSA) is 63.7 Å². The molecule has 1 amide bonds. The molecule has 5 nitrogen and oxygen atoms in total. The zero-order valence-electron chi connectivity index (χ0n) is 14.8. The van der Waals surface area contributed by atoms with Gasteiger partial charge in [0.15, 0.2) is 9.84 Å². The Labute approximate surface area is 159 Å². The Kier molecular flexibility index (Phi) is 7.06. The highest BCUT2D eigenvalue weighted by atomic mass is 35.5. The fourth-order valence-corrected chi connectivity index (χ4v) is 4.04. The summed E-state index contributed by atoms with van der Waals surface area (Å²) in [6.07, 6.45) is 0.560. The molecule has 0 aliphatic heterocycles. The molecule has 0 saturated carbocycles. The van der Waals surface area contributed by atoms with Crippen molar-refractivity contribution in [2.24, 2.45) is 0 Å². The third-order valence-corrected chi connectivity index (χ3v) is 6.02. The first-order valence-corrected chi connectivity index (χ1v) is 10.2. The molecule has 0 aromatic heterocycles. The minimum Gasteiger partial charge on any atom is -0.496 e. The number of para-hydroxylation sites is 1. The molecule has 0 fully saturated rings. The van der Waals surface area contributed by atoms with Gasteiger partial charge in [0.05, 0.1) is 17.8 Å². The summed E-state index contributed by atoms with van der Waals surface area (Å²) in [6.45, 7) is 0.483. The lowest BCUT2D eigenvalue weighted by Crippen LogP contribution is -2.30. The molecule has 0 atom stereocenters. The molecule has 0 N–H and O–H groups in total. The summed E-state index contributed by atoms with van der Waals surface area (Å²) in [6, 6.07) is 13.7. The van der Waals surface area contributed by atoms with Gasteiger partial charge in [-0.2, -0.15) is 0 Å². The van der Waals surface area contributed by atoms with Gasteiger partial charge >= 0.3 is 0 Å². The second kappa shape index (κ2) is 9.05. The smallest absolute Gasteiger partial charge is 0.223 e. The van der Waals surface area contributed by atoms with Crippen LogP contribution in [0.1, 0.15) is 12.0 Å². The first-order chi connectivity index (χ1) is 12.3. The van der Waals surface area contributed by atoms with Crippen molar-refractivity contribution in [3.05, 3.63) is 59.1 Å². The van der Waals surface area contributed by atoms with E-state index in [4.69, 9.17) is 16.3 Å². The van der Waals surface area contributed by atoms with E-state index < -0.39 is 9.84 Å². The number of benzene rings is 2. The average molecular weight is 396 g/mol. The molecule has 0 aliphatic carbocycles. The van der Waals surface area contributed by atoms with E-state index >= 15 is 0 Å². The van der Waals surface area contributed by atoms with E-state index in [0.717, 1.165) is 11.3 Å². The zero-order valence-corrected chi connectivity index (χ0v) is 16.4.